The summed E-state index contributed by atoms with van der Waals surface area (Å²) >= 11 is 0. The first-order chi connectivity index (χ1) is 12.6. The molecule has 0 saturated carbocycles. The Morgan fingerprint density at radius 1 is 1.15 bits per heavy atom. The molecule has 0 bridgehead atoms. The number of amides is 1. The first-order valence-electron chi connectivity index (χ1n) is 8.28. The van der Waals surface area contributed by atoms with Gasteiger partial charge in [-0.05, 0) is 25.1 Å². The van der Waals surface area contributed by atoms with Crippen molar-refractivity contribution in [1.29, 1.82) is 0 Å². The Hall–Kier alpha value is -2.99. The third kappa shape index (κ3) is 3.81. The van der Waals surface area contributed by atoms with Gasteiger partial charge in [0.25, 0.3) is 5.91 Å². The van der Waals surface area contributed by atoms with Gasteiger partial charge < -0.3 is 10.1 Å². The zero-order valence-electron chi connectivity index (χ0n) is 14.6. The average Bonchev–Trinajstić information content (AvgIpc) is 3.15. The van der Waals surface area contributed by atoms with E-state index in [0.29, 0.717) is 11.1 Å². The Morgan fingerprint density at radius 3 is 2.54 bits per heavy atom. The van der Waals surface area contributed by atoms with Crippen molar-refractivity contribution in [3.05, 3.63) is 83.9 Å². The molecule has 0 aliphatic rings. The van der Waals surface area contributed by atoms with Crippen molar-refractivity contribution >= 4 is 5.91 Å². The van der Waals surface area contributed by atoms with Crippen LogP contribution in [0.15, 0.2) is 67.0 Å². The van der Waals surface area contributed by atoms with E-state index in [1.165, 1.54) is 19.4 Å². The smallest absolute Gasteiger partial charge is 0.254 e. The summed E-state index contributed by atoms with van der Waals surface area (Å²) in [5.74, 6) is -0.657. The molecule has 0 radical (unpaired) electrons. The molecule has 0 spiro atoms. The van der Waals surface area contributed by atoms with Crippen LogP contribution in [-0.4, -0.2) is 28.8 Å². The predicted molar refractivity (Wildman–Crippen MR) is 96.6 cm³/mol. The van der Waals surface area contributed by atoms with Crippen molar-refractivity contribution in [2.45, 2.75) is 19.1 Å². The second kappa shape index (κ2) is 7.93. The summed E-state index contributed by atoms with van der Waals surface area (Å²) in [5, 5.41) is 7.07. The number of nitrogens with zero attached hydrogens (tertiary/aromatic N) is 2. The van der Waals surface area contributed by atoms with Gasteiger partial charge in [-0.2, -0.15) is 5.10 Å². The molecule has 5 nitrogen and oxygen atoms in total. The minimum atomic E-state index is -0.593. The Kier molecular flexibility index (Phi) is 5.43. The number of halogens is 1. The number of hydrogen-bond donors (Lipinski definition) is 1. The molecule has 0 fully saturated rings. The lowest BCUT2D eigenvalue weighted by Gasteiger charge is -2.24. The fourth-order valence-electron chi connectivity index (χ4n) is 2.83. The zero-order valence-corrected chi connectivity index (χ0v) is 14.6. The van der Waals surface area contributed by atoms with Gasteiger partial charge in [0.15, 0.2) is 0 Å². The SMILES string of the molecule is CO[C@H](c1ccccc1F)[C@@H](C)NC(=O)c1cnn(-c2ccccc2)c1. The van der Waals surface area contributed by atoms with Gasteiger partial charge in [0.05, 0.1) is 23.5 Å². The third-order valence-corrected chi connectivity index (χ3v) is 4.14. The highest BCUT2D eigenvalue weighted by Crippen LogP contribution is 2.23. The van der Waals surface area contributed by atoms with Crippen molar-refractivity contribution in [3.63, 3.8) is 0 Å². The van der Waals surface area contributed by atoms with E-state index >= 15 is 0 Å². The van der Waals surface area contributed by atoms with Crippen molar-refractivity contribution in [2.24, 2.45) is 0 Å². The van der Waals surface area contributed by atoms with Crippen molar-refractivity contribution in [1.82, 2.24) is 15.1 Å². The molecule has 2 aromatic carbocycles. The van der Waals surface area contributed by atoms with Gasteiger partial charge in [0, 0.05) is 18.9 Å². The van der Waals surface area contributed by atoms with Crippen LogP contribution in [-0.2, 0) is 4.74 Å². The summed E-state index contributed by atoms with van der Waals surface area (Å²) in [7, 11) is 1.49. The number of benzene rings is 2. The molecule has 0 aliphatic carbocycles. The third-order valence-electron chi connectivity index (χ3n) is 4.14. The summed E-state index contributed by atoms with van der Waals surface area (Å²) in [5.41, 5.74) is 1.69. The van der Waals surface area contributed by atoms with Gasteiger partial charge in [-0.1, -0.05) is 36.4 Å². The molecule has 26 heavy (non-hydrogen) atoms. The van der Waals surface area contributed by atoms with E-state index < -0.39 is 12.1 Å². The fraction of sp³-hybridized carbons (Fsp3) is 0.200. The maximum absolute atomic E-state index is 14.0. The van der Waals surface area contributed by atoms with Crippen molar-refractivity contribution in [3.8, 4) is 5.69 Å². The number of carbonyl (C=O) groups is 1. The van der Waals surface area contributed by atoms with E-state index in [4.69, 9.17) is 4.74 Å². The Morgan fingerprint density at radius 2 is 1.85 bits per heavy atom. The number of para-hydroxylation sites is 1. The van der Waals surface area contributed by atoms with Gasteiger partial charge in [-0.25, -0.2) is 9.07 Å². The fourth-order valence-corrected chi connectivity index (χ4v) is 2.83. The van der Waals surface area contributed by atoms with E-state index in [9.17, 15) is 9.18 Å². The second-order valence-corrected chi connectivity index (χ2v) is 5.95. The van der Waals surface area contributed by atoms with Crippen LogP contribution < -0.4 is 5.32 Å². The second-order valence-electron chi connectivity index (χ2n) is 5.95. The number of carbonyl (C=O) groups excluding carboxylic acids is 1. The van der Waals surface area contributed by atoms with Gasteiger partial charge in [-0.3, -0.25) is 4.79 Å². The van der Waals surface area contributed by atoms with E-state index in [1.807, 2.05) is 30.3 Å². The largest absolute Gasteiger partial charge is 0.375 e. The molecule has 0 unspecified atom stereocenters. The first kappa shape index (κ1) is 17.8. The molecule has 1 amide bonds. The number of nitrogens with one attached hydrogen (secondary N) is 1. The molecule has 3 aromatic rings. The van der Waals surface area contributed by atoms with Crippen molar-refractivity contribution in [2.75, 3.05) is 7.11 Å². The number of rotatable bonds is 6. The molecule has 0 aliphatic heterocycles. The lowest BCUT2D eigenvalue weighted by molar-refractivity contribution is 0.0625. The van der Waals surface area contributed by atoms with Gasteiger partial charge in [-0.15, -0.1) is 0 Å². The Labute approximate surface area is 151 Å². The molecule has 6 heteroatoms. The zero-order chi connectivity index (χ0) is 18.5. The summed E-state index contributed by atoms with van der Waals surface area (Å²) in [6.07, 6.45) is 2.56. The van der Waals surface area contributed by atoms with Crippen LogP contribution in [0.4, 0.5) is 4.39 Å². The van der Waals surface area contributed by atoms with Crippen LogP contribution in [0, 0.1) is 5.82 Å². The molecule has 134 valence electrons. The van der Waals surface area contributed by atoms with Crippen LogP contribution in [0.2, 0.25) is 0 Å². The van der Waals surface area contributed by atoms with Crippen LogP contribution in [0.5, 0.6) is 0 Å². The monoisotopic (exact) mass is 353 g/mol. The lowest BCUT2D eigenvalue weighted by Crippen LogP contribution is -2.38. The average molecular weight is 353 g/mol. The summed E-state index contributed by atoms with van der Waals surface area (Å²) in [4.78, 5) is 12.5. The molecule has 2 atom stereocenters. The van der Waals surface area contributed by atoms with E-state index in [0.717, 1.165) is 5.69 Å². The van der Waals surface area contributed by atoms with Gasteiger partial charge in [0.2, 0.25) is 0 Å². The normalized spacial score (nSPS) is 13.2. The highest BCUT2D eigenvalue weighted by molar-refractivity contribution is 5.94. The highest BCUT2D eigenvalue weighted by Gasteiger charge is 2.24. The maximum Gasteiger partial charge on any atom is 0.254 e. The highest BCUT2D eigenvalue weighted by atomic mass is 19.1. The topological polar surface area (TPSA) is 56.1 Å². The molecule has 1 heterocycles. The molecule has 1 aromatic heterocycles. The molecule has 3 rings (SSSR count). The Balaban J connectivity index is 1.73. The van der Waals surface area contributed by atoms with Crippen LogP contribution in [0.25, 0.3) is 5.69 Å². The standard InChI is InChI=1S/C20H20FN3O2/c1-14(19(26-2)17-10-6-7-11-18(17)21)23-20(25)15-12-22-24(13-15)16-8-4-3-5-9-16/h3-14,19H,1-2H3,(H,23,25)/t14-,19+/m1/s1. The molecular formula is C20H20FN3O2. The van der Waals surface area contributed by atoms with Gasteiger partial charge in [0.1, 0.15) is 11.9 Å². The van der Waals surface area contributed by atoms with E-state index in [-0.39, 0.29) is 11.7 Å². The summed E-state index contributed by atoms with van der Waals surface area (Å²) in [6.45, 7) is 1.78. The predicted octanol–water partition coefficient (Wildman–Crippen LogP) is 3.52. The van der Waals surface area contributed by atoms with E-state index in [1.54, 1.807) is 36.0 Å². The molecule has 0 saturated heterocycles. The van der Waals surface area contributed by atoms with Crippen LogP contribution in [0.1, 0.15) is 28.9 Å². The number of ether oxygens (including phenoxy) is 1. The molecule has 1 N–H and O–H groups in total. The van der Waals surface area contributed by atoms with E-state index in [2.05, 4.69) is 10.4 Å². The minimum absolute atomic E-state index is 0.293. The minimum Gasteiger partial charge on any atom is -0.375 e. The first-order valence-corrected chi connectivity index (χ1v) is 8.28. The lowest BCUT2D eigenvalue weighted by atomic mass is 10.0. The number of hydrogen-bond acceptors (Lipinski definition) is 3. The quantitative estimate of drug-likeness (QED) is 0.738. The summed E-state index contributed by atoms with van der Waals surface area (Å²) in [6, 6.07) is 15.5. The number of methoxy groups -OCH3 is 1. The molecular weight excluding hydrogens is 333 g/mol. The Bertz CT molecular complexity index is 880. The number of aromatic nitrogens is 2. The summed E-state index contributed by atoms with van der Waals surface area (Å²) < 4.78 is 21.1. The van der Waals surface area contributed by atoms with Crippen LogP contribution >= 0.6 is 0 Å². The van der Waals surface area contributed by atoms with Crippen LogP contribution in [0.3, 0.4) is 0 Å². The van der Waals surface area contributed by atoms with Crippen molar-refractivity contribution < 1.29 is 13.9 Å². The van der Waals surface area contributed by atoms with Gasteiger partial charge >= 0.3 is 0 Å². The maximum atomic E-state index is 14.0.